The molecule has 4 rings (SSSR count). The van der Waals surface area contributed by atoms with Crippen molar-refractivity contribution in [2.45, 2.75) is 31.9 Å². The van der Waals surface area contributed by atoms with Gasteiger partial charge >= 0.3 is 0 Å². The zero-order valence-electron chi connectivity index (χ0n) is 17.2. The lowest BCUT2D eigenvalue weighted by molar-refractivity contribution is -0.131. The molecule has 2 aliphatic heterocycles. The van der Waals surface area contributed by atoms with Gasteiger partial charge in [0.05, 0.1) is 6.10 Å². The van der Waals surface area contributed by atoms with E-state index in [1.807, 2.05) is 35.2 Å². The molecule has 0 radical (unpaired) electrons. The van der Waals surface area contributed by atoms with E-state index in [-0.39, 0.29) is 23.6 Å². The average molecular weight is 412 g/mol. The van der Waals surface area contributed by atoms with Gasteiger partial charge < -0.3 is 19.4 Å². The lowest BCUT2D eigenvalue weighted by atomic mass is 10.0. The molecule has 0 aliphatic carbocycles. The van der Waals surface area contributed by atoms with Crippen molar-refractivity contribution in [2.24, 2.45) is 0 Å². The summed E-state index contributed by atoms with van der Waals surface area (Å²) in [6.07, 6.45) is 0.705. The van der Waals surface area contributed by atoms with E-state index in [9.17, 15) is 14.7 Å². The first-order valence-corrected chi connectivity index (χ1v) is 10.5. The van der Waals surface area contributed by atoms with E-state index in [2.05, 4.69) is 10.1 Å². The number of hydrogen-bond donors (Lipinski definition) is 1. The van der Waals surface area contributed by atoms with Gasteiger partial charge in [-0.3, -0.25) is 14.5 Å². The van der Waals surface area contributed by atoms with Crippen molar-refractivity contribution in [3.05, 3.63) is 42.2 Å². The molecule has 2 saturated heterocycles. The molecular weight excluding hydrogens is 384 g/mol. The number of benzene rings is 1. The van der Waals surface area contributed by atoms with Crippen LogP contribution in [-0.4, -0.2) is 88.2 Å². The molecular formula is C22H28N4O4. The van der Waals surface area contributed by atoms with Crippen LogP contribution in [0, 0.1) is 0 Å². The highest BCUT2D eigenvalue weighted by Gasteiger charge is 2.34. The molecule has 8 heteroatoms. The van der Waals surface area contributed by atoms with Crippen molar-refractivity contribution in [1.82, 2.24) is 19.9 Å². The zero-order valence-corrected chi connectivity index (χ0v) is 17.2. The Morgan fingerprint density at radius 1 is 1.00 bits per heavy atom. The molecule has 1 aromatic heterocycles. The minimum atomic E-state index is -0.499. The Balaban J connectivity index is 1.38. The number of piperazine rings is 1. The topological polar surface area (TPSA) is 90.1 Å². The monoisotopic (exact) mass is 412 g/mol. The quantitative estimate of drug-likeness (QED) is 0.821. The largest absolute Gasteiger partial charge is 0.391 e. The summed E-state index contributed by atoms with van der Waals surface area (Å²) in [6, 6.07) is 11.3. The van der Waals surface area contributed by atoms with Crippen molar-refractivity contribution in [3.8, 4) is 11.3 Å². The lowest BCUT2D eigenvalue weighted by Gasteiger charge is -2.40. The third kappa shape index (κ3) is 4.39. The number of amides is 2. The molecule has 1 aromatic carbocycles. The molecule has 30 heavy (non-hydrogen) atoms. The Labute approximate surface area is 176 Å². The van der Waals surface area contributed by atoms with Gasteiger partial charge in [0.2, 0.25) is 11.7 Å². The highest BCUT2D eigenvalue weighted by Crippen LogP contribution is 2.23. The maximum Gasteiger partial charge on any atom is 0.292 e. The molecule has 1 N–H and O–H groups in total. The summed E-state index contributed by atoms with van der Waals surface area (Å²) in [5.41, 5.74) is 1.53. The van der Waals surface area contributed by atoms with E-state index in [1.165, 1.54) is 0 Å². The second-order valence-electron chi connectivity index (χ2n) is 7.99. The van der Waals surface area contributed by atoms with E-state index in [4.69, 9.17) is 4.52 Å². The van der Waals surface area contributed by atoms with Gasteiger partial charge in [-0.15, -0.1) is 0 Å². The Kier molecular flexibility index (Phi) is 6.15. The summed E-state index contributed by atoms with van der Waals surface area (Å²) in [7, 11) is 0. The fraction of sp³-hybridized carbons (Fsp3) is 0.500. The normalized spacial score (nSPS) is 23.3. The Morgan fingerprint density at radius 3 is 2.40 bits per heavy atom. The molecule has 3 heterocycles. The standard InChI is InChI=1S/C22H28N4O4/c1-16(27)24-11-13-25(14-12-24)19-7-9-26(10-8-20(19)28)22(29)21-15-18(23-30-21)17-5-3-2-4-6-17/h2-6,15,19-20,28H,7-14H2,1H3/t19-,20-/m0/s1. The first-order chi connectivity index (χ1) is 14.5. The van der Waals surface area contributed by atoms with E-state index in [1.54, 1.807) is 17.9 Å². The Bertz CT molecular complexity index is 876. The molecule has 2 aliphatic rings. The third-order valence-corrected chi connectivity index (χ3v) is 6.14. The maximum absolute atomic E-state index is 13.0. The summed E-state index contributed by atoms with van der Waals surface area (Å²) >= 11 is 0. The number of rotatable bonds is 3. The fourth-order valence-corrected chi connectivity index (χ4v) is 4.35. The molecule has 8 nitrogen and oxygen atoms in total. The van der Waals surface area contributed by atoms with Crippen molar-refractivity contribution in [2.75, 3.05) is 39.3 Å². The molecule has 160 valence electrons. The van der Waals surface area contributed by atoms with Crippen LogP contribution in [0.5, 0.6) is 0 Å². The molecule has 2 aromatic rings. The number of aliphatic hydroxyl groups excluding tert-OH is 1. The van der Waals surface area contributed by atoms with Gasteiger partial charge in [-0.2, -0.15) is 0 Å². The number of likely N-dealkylation sites (tertiary alicyclic amines) is 1. The van der Waals surface area contributed by atoms with Crippen LogP contribution >= 0.6 is 0 Å². The summed E-state index contributed by atoms with van der Waals surface area (Å²) in [4.78, 5) is 30.3. The Morgan fingerprint density at radius 2 is 1.70 bits per heavy atom. The number of aromatic nitrogens is 1. The zero-order chi connectivity index (χ0) is 21.1. The maximum atomic E-state index is 13.0. The van der Waals surface area contributed by atoms with Gasteiger partial charge in [0, 0.05) is 63.9 Å². The smallest absolute Gasteiger partial charge is 0.292 e. The van der Waals surface area contributed by atoms with Gasteiger partial charge in [0.15, 0.2) is 0 Å². The molecule has 0 unspecified atom stereocenters. The predicted molar refractivity (Wildman–Crippen MR) is 111 cm³/mol. The number of carbonyl (C=O) groups is 2. The molecule has 2 atom stereocenters. The lowest BCUT2D eigenvalue weighted by Crippen LogP contribution is -2.54. The summed E-state index contributed by atoms with van der Waals surface area (Å²) in [6.45, 7) is 5.48. The van der Waals surface area contributed by atoms with Crippen molar-refractivity contribution >= 4 is 11.8 Å². The minimum Gasteiger partial charge on any atom is -0.391 e. The minimum absolute atomic E-state index is 0.00786. The average Bonchev–Trinajstić information content (AvgIpc) is 3.18. The number of carbonyl (C=O) groups excluding carboxylic acids is 2. The first-order valence-electron chi connectivity index (χ1n) is 10.5. The van der Waals surface area contributed by atoms with Crippen LogP contribution in [0.2, 0.25) is 0 Å². The van der Waals surface area contributed by atoms with Crippen LogP contribution in [0.1, 0.15) is 30.3 Å². The Hall–Kier alpha value is -2.71. The highest BCUT2D eigenvalue weighted by atomic mass is 16.5. The summed E-state index contributed by atoms with van der Waals surface area (Å²) < 4.78 is 5.33. The second kappa shape index (κ2) is 8.97. The summed E-state index contributed by atoms with van der Waals surface area (Å²) in [5, 5.41) is 14.7. The van der Waals surface area contributed by atoms with Crippen LogP contribution in [0.25, 0.3) is 11.3 Å². The van der Waals surface area contributed by atoms with Crippen LogP contribution in [0.4, 0.5) is 0 Å². The van der Waals surface area contributed by atoms with Crippen molar-refractivity contribution < 1.29 is 19.2 Å². The van der Waals surface area contributed by atoms with Gasteiger partial charge in [0.1, 0.15) is 5.69 Å². The number of aliphatic hydroxyl groups is 1. The molecule has 2 fully saturated rings. The van der Waals surface area contributed by atoms with Gasteiger partial charge in [-0.05, 0) is 12.8 Å². The first kappa shape index (κ1) is 20.6. The second-order valence-corrected chi connectivity index (χ2v) is 7.99. The van der Waals surface area contributed by atoms with E-state index < -0.39 is 6.10 Å². The molecule has 0 bridgehead atoms. The van der Waals surface area contributed by atoms with Crippen LogP contribution in [0.3, 0.4) is 0 Å². The highest BCUT2D eigenvalue weighted by molar-refractivity contribution is 5.92. The number of hydrogen-bond acceptors (Lipinski definition) is 6. The molecule has 0 spiro atoms. The van der Waals surface area contributed by atoms with Crippen LogP contribution in [0.15, 0.2) is 40.9 Å². The van der Waals surface area contributed by atoms with Gasteiger partial charge in [-0.25, -0.2) is 0 Å². The van der Waals surface area contributed by atoms with Crippen LogP contribution < -0.4 is 0 Å². The summed E-state index contributed by atoms with van der Waals surface area (Å²) in [5.74, 6) is 0.116. The van der Waals surface area contributed by atoms with Crippen LogP contribution in [-0.2, 0) is 4.79 Å². The SMILES string of the molecule is CC(=O)N1CCN([C@H]2CCN(C(=O)c3cc(-c4ccccc4)no3)CC[C@@H]2O)CC1. The van der Waals surface area contributed by atoms with Crippen molar-refractivity contribution in [3.63, 3.8) is 0 Å². The van der Waals surface area contributed by atoms with E-state index in [0.717, 1.165) is 18.7 Å². The van der Waals surface area contributed by atoms with E-state index in [0.29, 0.717) is 44.7 Å². The molecule has 0 saturated carbocycles. The third-order valence-electron chi connectivity index (χ3n) is 6.14. The van der Waals surface area contributed by atoms with Gasteiger partial charge in [0.25, 0.3) is 5.91 Å². The molecule has 2 amide bonds. The van der Waals surface area contributed by atoms with E-state index >= 15 is 0 Å². The fourth-order valence-electron chi connectivity index (χ4n) is 4.35. The predicted octanol–water partition coefficient (Wildman–Crippen LogP) is 1.47. The number of nitrogens with zero attached hydrogens (tertiary/aromatic N) is 4. The van der Waals surface area contributed by atoms with Gasteiger partial charge in [-0.1, -0.05) is 35.5 Å². The van der Waals surface area contributed by atoms with Crippen molar-refractivity contribution in [1.29, 1.82) is 0 Å².